The van der Waals surface area contributed by atoms with Crippen molar-refractivity contribution in [3.05, 3.63) is 69.6 Å². The van der Waals surface area contributed by atoms with Crippen molar-refractivity contribution in [1.82, 2.24) is 20.1 Å². The van der Waals surface area contributed by atoms with Crippen LogP contribution in [-0.2, 0) is 13.1 Å². The lowest BCUT2D eigenvalue weighted by Gasteiger charge is -2.34. The summed E-state index contributed by atoms with van der Waals surface area (Å²) in [4.78, 5) is 30.8. The van der Waals surface area contributed by atoms with Gasteiger partial charge in [0.15, 0.2) is 0 Å². The number of nitrogens with zero attached hydrogens (tertiary/aromatic N) is 2. The highest BCUT2D eigenvalue weighted by atomic mass is 16.2. The number of aromatic amines is 1. The first-order valence-electron chi connectivity index (χ1n) is 9.14. The first-order chi connectivity index (χ1) is 12.6. The molecule has 1 aliphatic heterocycles. The molecule has 1 amide bonds. The van der Waals surface area contributed by atoms with E-state index in [1.807, 2.05) is 12.1 Å². The molecule has 6 heteroatoms. The fraction of sp³-hybridized carbons (Fsp3) is 0.400. The van der Waals surface area contributed by atoms with Crippen molar-refractivity contribution in [1.29, 1.82) is 0 Å². The topological polar surface area (TPSA) is 68.4 Å². The predicted octanol–water partition coefficient (Wildman–Crippen LogP) is 1.44. The second-order valence-corrected chi connectivity index (χ2v) is 6.64. The molecular weight excluding hydrogens is 328 g/mol. The molecule has 1 aromatic heterocycles. The molecule has 0 aliphatic carbocycles. The van der Waals surface area contributed by atoms with E-state index < -0.39 is 0 Å². The Morgan fingerprint density at radius 3 is 2.31 bits per heavy atom. The van der Waals surface area contributed by atoms with E-state index in [-0.39, 0.29) is 17.2 Å². The average Bonchev–Trinajstić information content (AvgIpc) is 2.68. The zero-order valence-corrected chi connectivity index (χ0v) is 15.2. The van der Waals surface area contributed by atoms with Crippen LogP contribution in [0.4, 0.5) is 0 Å². The number of benzene rings is 1. The van der Waals surface area contributed by atoms with E-state index in [1.54, 1.807) is 12.1 Å². The van der Waals surface area contributed by atoms with Crippen LogP contribution in [0.15, 0.2) is 47.3 Å². The minimum Gasteiger partial charge on any atom is -0.347 e. The fourth-order valence-electron chi connectivity index (χ4n) is 3.14. The minimum absolute atomic E-state index is 0.276. The number of likely N-dealkylation sites (N-methyl/N-ethyl adjacent to an activating group) is 1. The van der Waals surface area contributed by atoms with Crippen molar-refractivity contribution in [2.24, 2.45) is 0 Å². The lowest BCUT2D eigenvalue weighted by Crippen LogP contribution is -2.45. The summed E-state index contributed by atoms with van der Waals surface area (Å²) in [5.74, 6) is -0.277. The summed E-state index contributed by atoms with van der Waals surface area (Å²) in [5, 5.41) is 2.83. The number of hydrogen-bond donors (Lipinski definition) is 2. The Morgan fingerprint density at radius 2 is 1.65 bits per heavy atom. The predicted molar refractivity (Wildman–Crippen MR) is 102 cm³/mol. The van der Waals surface area contributed by atoms with Crippen LogP contribution in [0.5, 0.6) is 0 Å². The molecular formula is C20H26N4O2. The first kappa shape index (κ1) is 18.4. The quantitative estimate of drug-likeness (QED) is 0.824. The highest BCUT2D eigenvalue weighted by molar-refractivity contribution is 5.92. The van der Waals surface area contributed by atoms with Gasteiger partial charge < -0.3 is 15.2 Å². The lowest BCUT2D eigenvalue weighted by molar-refractivity contribution is 0.0945. The Kier molecular flexibility index (Phi) is 6.20. The van der Waals surface area contributed by atoms with Crippen molar-refractivity contribution in [2.75, 3.05) is 32.7 Å². The van der Waals surface area contributed by atoms with Crippen LogP contribution < -0.4 is 10.9 Å². The number of rotatable bonds is 6. The van der Waals surface area contributed by atoms with Crippen LogP contribution >= 0.6 is 0 Å². The molecule has 2 N–H and O–H groups in total. The van der Waals surface area contributed by atoms with Crippen molar-refractivity contribution in [3.63, 3.8) is 0 Å². The molecule has 0 unspecified atom stereocenters. The summed E-state index contributed by atoms with van der Waals surface area (Å²) in [5.41, 5.74) is 2.33. The van der Waals surface area contributed by atoms with Crippen molar-refractivity contribution in [2.45, 2.75) is 20.0 Å². The number of H-pyrrole nitrogens is 1. The molecule has 1 aromatic carbocycles. The van der Waals surface area contributed by atoms with Crippen LogP contribution in [-0.4, -0.2) is 53.4 Å². The van der Waals surface area contributed by atoms with Gasteiger partial charge in [0.05, 0.1) is 0 Å². The summed E-state index contributed by atoms with van der Waals surface area (Å²) in [6.07, 6.45) is 0. The number of carbonyl (C=O) groups is 1. The molecule has 0 atom stereocenters. The van der Waals surface area contributed by atoms with Gasteiger partial charge in [-0.05, 0) is 23.7 Å². The fourth-order valence-corrected chi connectivity index (χ4v) is 3.14. The average molecular weight is 354 g/mol. The van der Waals surface area contributed by atoms with Crippen molar-refractivity contribution in [3.8, 4) is 0 Å². The number of hydrogen-bond acceptors (Lipinski definition) is 4. The molecule has 0 bridgehead atoms. The summed E-state index contributed by atoms with van der Waals surface area (Å²) in [7, 11) is 0. The molecule has 26 heavy (non-hydrogen) atoms. The zero-order chi connectivity index (χ0) is 18.4. The normalized spacial score (nSPS) is 15.7. The molecule has 6 nitrogen and oxygen atoms in total. The van der Waals surface area contributed by atoms with Gasteiger partial charge in [0.1, 0.15) is 5.69 Å². The number of pyridine rings is 1. The molecule has 1 fully saturated rings. The summed E-state index contributed by atoms with van der Waals surface area (Å²) < 4.78 is 0. The van der Waals surface area contributed by atoms with Crippen LogP contribution in [0.3, 0.4) is 0 Å². The van der Waals surface area contributed by atoms with Gasteiger partial charge in [-0.25, -0.2) is 0 Å². The second kappa shape index (κ2) is 8.78. The zero-order valence-electron chi connectivity index (χ0n) is 15.2. The summed E-state index contributed by atoms with van der Waals surface area (Å²) >= 11 is 0. The second-order valence-electron chi connectivity index (χ2n) is 6.64. The Balaban J connectivity index is 1.48. The Morgan fingerprint density at radius 1 is 1.00 bits per heavy atom. The van der Waals surface area contributed by atoms with E-state index in [9.17, 15) is 9.59 Å². The van der Waals surface area contributed by atoms with Gasteiger partial charge in [-0.1, -0.05) is 37.3 Å². The molecule has 0 spiro atoms. The molecule has 2 aromatic rings. The monoisotopic (exact) mass is 354 g/mol. The summed E-state index contributed by atoms with van der Waals surface area (Å²) in [6, 6.07) is 12.9. The molecule has 0 radical (unpaired) electrons. The third-order valence-corrected chi connectivity index (χ3v) is 4.81. The maximum atomic E-state index is 12.1. The van der Waals surface area contributed by atoms with Gasteiger partial charge in [0, 0.05) is 45.3 Å². The molecule has 2 heterocycles. The number of piperazine rings is 1. The van der Waals surface area contributed by atoms with Crippen LogP contribution in [0.25, 0.3) is 0 Å². The van der Waals surface area contributed by atoms with E-state index in [1.165, 1.54) is 11.6 Å². The third-order valence-electron chi connectivity index (χ3n) is 4.81. The van der Waals surface area contributed by atoms with Crippen LogP contribution in [0, 0.1) is 0 Å². The molecule has 0 saturated carbocycles. The van der Waals surface area contributed by atoms with E-state index in [4.69, 9.17) is 0 Å². The molecule has 1 saturated heterocycles. The summed E-state index contributed by atoms with van der Waals surface area (Å²) in [6.45, 7) is 9.25. The van der Waals surface area contributed by atoms with E-state index in [2.05, 4.69) is 39.2 Å². The van der Waals surface area contributed by atoms with Gasteiger partial charge in [0.25, 0.3) is 5.91 Å². The number of carbonyl (C=O) groups excluding carboxylic acids is 1. The van der Waals surface area contributed by atoms with Crippen LogP contribution in [0.1, 0.15) is 28.5 Å². The Labute approximate surface area is 153 Å². The first-order valence-corrected chi connectivity index (χ1v) is 9.14. The standard InChI is InChI=1S/C20H26N4O2/c1-2-23-10-12-24(13-11-23)15-17-8-6-16(7-9-17)14-21-20(26)18-4-3-5-19(25)22-18/h3-9H,2,10-15H2,1H3,(H,21,26)(H,22,25). The maximum Gasteiger partial charge on any atom is 0.268 e. The van der Waals surface area contributed by atoms with E-state index in [0.29, 0.717) is 6.54 Å². The van der Waals surface area contributed by atoms with Gasteiger partial charge in [-0.3, -0.25) is 14.5 Å². The van der Waals surface area contributed by atoms with Gasteiger partial charge in [-0.2, -0.15) is 0 Å². The molecule has 1 aliphatic rings. The highest BCUT2D eigenvalue weighted by Crippen LogP contribution is 2.10. The molecule has 138 valence electrons. The van der Waals surface area contributed by atoms with Crippen LogP contribution in [0.2, 0.25) is 0 Å². The van der Waals surface area contributed by atoms with Crippen molar-refractivity contribution >= 4 is 5.91 Å². The van der Waals surface area contributed by atoms with Gasteiger partial charge in [0.2, 0.25) is 5.56 Å². The van der Waals surface area contributed by atoms with Crippen molar-refractivity contribution < 1.29 is 4.79 Å². The molecule has 3 rings (SSSR count). The van der Waals surface area contributed by atoms with E-state index in [0.717, 1.165) is 44.8 Å². The maximum absolute atomic E-state index is 12.1. The SMILES string of the molecule is CCN1CCN(Cc2ccc(CNC(=O)c3cccc(=O)[nH]3)cc2)CC1. The van der Waals surface area contributed by atoms with E-state index >= 15 is 0 Å². The Hall–Kier alpha value is -2.44. The lowest BCUT2D eigenvalue weighted by atomic mass is 10.1. The van der Waals surface area contributed by atoms with Gasteiger partial charge >= 0.3 is 0 Å². The Bertz CT molecular complexity index is 777. The number of amides is 1. The third kappa shape index (κ3) is 5.03. The largest absolute Gasteiger partial charge is 0.347 e. The number of nitrogens with one attached hydrogen (secondary N) is 2. The highest BCUT2D eigenvalue weighted by Gasteiger charge is 2.15. The minimum atomic E-state index is -0.277. The smallest absolute Gasteiger partial charge is 0.268 e. The number of aromatic nitrogens is 1. The van der Waals surface area contributed by atoms with Gasteiger partial charge in [-0.15, -0.1) is 0 Å².